The zero-order valence-electron chi connectivity index (χ0n) is 11.3. The summed E-state index contributed by atoms with van der Waals surface area (Å²) in [5.41, 5.74) is 0. The Kier molecular flexibility index (Phi) is 6.08. The fourth-order valence-corrected chi connectivity index (χ4v) is 1.56. The largest absolute Gasteiger partial charge is 0.459 e. The molecule has 1 aromatic rings. The molecular formula is C13H20N2O4. The average molecular weight is 268 g/mol. The molecule has 0 aliphatic rings. The molecule has 0 radical (unpaired) electrons. The smallest absolute Gasteiger partial charge is 0.289 e. The molecular weight excluding hydrogens is 248 g/mol. The Morgan fingerprint density at radius 1 is 1.53 bits per heavy atom. The molecule has 0 spiro atoms. The third-order valence-electron chi connectivity index (χ3n) is 2.58. The third kappa shape index (κ3) is 5.56. The highest BCUT2D eigenvalue weighted by atomic mass is 16.3. The van der Waals surface area contributed by atoms with Crippen molar-refractivity contribution in [1.29, 1.82) is 0 Å². The first-order valence-electron chi connectivity index (χ1n) is 6.24. The zero-order valence-corrected chi connectivity index (χ0v) is 11.3. The van der Waals surface area contributed by atoms with E-state index in [0.717, 1.165) is 0 Å². The van der Waals surface area contributed by atoms with E-state index in [1.54, 1.807) is 26.1 Å². The van der Waals surface area contributed by atoms with Crippen molar-refractivity contribution in [1.82, 2.24) is 10.2 Å². The number of hydrogen-bond acceptors (Lipinski definition) is 4. The van der Waals surface area contributed by atoms with Gasteiger partial charge in [-0.3, -0.25) is 9.59 Å². The van der Waals surface area contributed by atoms with Gasteiger partial charge >= 0.3 is 0 Å². The molecule has 0 bridgehead atoms. The summed E-state index contributed by atoms with van der Waals surface area (Å²) in [5.74, 6) is -0.346. The average Bonchev–Trinajstić information content (AvgIpc) is 2.87. The first-order chi connectivity index (χ1) is 9.00. The molecule has 1 rings (SSSR count). The van der Waals surface area contributed by atoms with Crippen LogP contribution in [0, 0.1) is 0 Å². The normalized spacial score (nSPS) is 11.9. The molecule has 0 aromatic carbocycles. The topological polar surface area (TPSA) is 82.8 Å². The molecule has 1 atom stereocenters. The number of carbonyl (C=O) groups excluding carboxylic acids is 2. The van der Waals surface area contributed by atoms with Crippen molar-refractivity contribution in [2.24, 2.45) is 0 Å². The number of aliphatic hydroxyl groups excluding tert-OH is 1. The summed E-state index contributed by atoms with van der Waals surface area (Å²) in [6.07, 6.45) is 2.40. The zero-order chi connectivity index (χ0) is 14.3. The van der Waals surface area contributed by atoms with E-state index in [9.17, 15) is 9.59 Å². The number of likely N-dealkylation sites (N-methyl/N-ethyl adjacent to an activating group) is 1. The van der Waals surface area contributed by atoms with Crippen molar-refractivity contribution < 1.29 is 19.1 Å². The molecule has 2 amide bonds. The summed E-state index contributed by atoms with van der Waals surface area (Å²) < 4.78 is 4.97. The van der Waals surface area contributed by atoms with Crippen molar-refractivity contribution in [3.05, 3.63) is 24.2 Å². The van der Waals surface area contributed by atoms with E-state index in [2.05, 4.69) is 5.32 Å². The van der Waals surface area contributed by atoms with Crippen LogP contribution in [-0.2, 0) is 4.79 Å². The highest BCUT2D eigenvalue weighted by molar-refractivity contribution is 5.94. The molecule has 0 aliphatic carbocycles. The van der Waals surface area contributed by atoms with Crippen LogP contribution < -0.4 is 5.32 Å². The van der Waals surface area contributed by atoms with E-state index in [-0.39, 0.29) is 30.2 Å². The quantitative estimate of drug-likeness (QED) is 0.710. The molecule has 6 heteroatoms. The molecule has 0 saturated heterocycles. The highest BCUT2D eigenvalue weighted by Gasteiger charge is 2.16. The van der Waals surface area contributed by atoms with Crippen molar-refractivity contribution in [2.45, 2.75) is 25.9 Å². The van der Waals surface area contributed by atoms with E-state index < -0.39 is 0 Å². The van der Waals surface area contributed by atoms with Crippen LogP contribution in [0.3, 0.4) is 0 Å². The molecule has 19 heavy (non-hydrogen) atoms. The Labute approximate surface area is 112 Å². The second-order valence-corrected chi connectivity index (χ2v) is 4.48. The van der Waals surface area contributed by atoms with Gasteiger partial charge in [-0.2, -0.15) is 0 Å². The molecule has 0 saturated carbocycles. The van der Waals surface area contributed by atoms with Gasteiger partial charge in [-0.1, -0.05) is 0 Å². The highest BCUT2D eigenvalue weighted by Crippen LogP contribution is 2.03. The summed E-state index contributed by atoms with van der Waals surface area (Å²) in [5, 5.41) is 11.8. The summed E-state index contributed by atoms with van der Waals surface area (Å²) >= 11 is 0. The fourth-order valence-electron chi connectivity index (χ4n) is 1.56. The van der Waals surface area contributed by atoms with Crippen LogP contribution in [0.15, 0.2) is 22.8 Å². The minimum absolute atomic E-state index is 0.0196. The number of rotatable bonds is 7. The molecule has 2 N–H and O–H groups in total. The predicted octanol–water partition coefficient (Wildman–Crippen LogP) is 0.629. The van der Waals surface area contributed by atoms with Gasteiger partial charge in [0.1, 0.15) is 0 Å². The number of carbonyl (C=O) groups is 2. The molecule has 0 aliphatic heterocycles. The van der Waals surface area contributed by atoms with Crippen LogP contribution >= 0.6 is 0 Å². The molecule has 106 valence electrons. The van der Waals surface area contributed by atoms with Crippen LogP contribution in [-0.4, -0.2) is 48.1 Å². The van der Waals surface area contributed by atoms with Gasteiger partial charge in [0.2, 0.25) is 5.91 Å². The lowest BCUT2D eigenvalue weighted by molar-refractivity contribution is -0.121. The van der Waals surface area contributed by atoms with E-state index in [4.69, 9.17) is 9.52 Å². The number of nitrogens with zero attached hydrogens (tertiary/aromatic N) is 1. The Morgan fingerprint density at radius 3 is 2.84 bits per heavy atom. The molecule has 0 fully saturated rings. The van der Waals surface area contributed by atoms with Gasteiger partial charge in [0.05, 0.1) is 18.9 Å². The monoisotopic (exact) mass is 268 g/mol. The minimum atomic E-state index is -0.361. The maximum Gasteiger partial charge on any atom is 0.289 e. The van der Waals surface area contributed by atoms with Gasteiger partial charge in [-0.25, -0.2) is 0 Å². The number of amides is 2. The minimum Gasteiger partial charge on any atom is -0.459 e. The summed E-state index contributed by atoms with van der Waals surface area (Å²) in [7, 11) is 1.54. The Hall–Kier alpha value is -1.82. The van der Waals surface area contributed by atoms with Gasteiger partial charge < -0.3 is 19.7 Å². The lowest BCUT2D eigenvalue weighted by Gasteiger charge is -2.15. The van der Waals surface area contributed by atoms with E-state index in [1.165, 1.54) is 11.2 Å². The molecule has 1 unspecified atom stereocenters. The lowest BCUT2D eigenvalue weighted by atomic mass is 10.2. The summed E-state index contributed by atoms with van der Waals surface area (Å²) in [4.78, 5) is 24.6. The molecule has 1 heterocycles. The van der Waals surface area contributed by atoms with Crippen molar-refractivity contribution in [3.63, 3.8) is 0 Å². The fraction of sp³-hybridized carbons (Fsp3) is 0.538. The number of furan rings is 1. The first-order valence-corrected chi connectivity index (χ1v) is 6.24. The van der Waals surface area contributed by atoms with E-state index >= 15 is 0 Å². The van der Waals surface area contributed by atoms with Crippen LogP contribution in [0.5, 0.6) is 0 Å². The maximum absolute atomic E-state index is 11.8. The van der Waals surface area contributed by atoms with Gasteiger partial charge in [0.15, 0.2) is 5.76 Å². The molecule has 6 nitrogen and oxygen atoms in total. The number of aliphatic hydroxyl groups is 1. The second kappa shape index (κ2) is 7.58. The van der Waals surface area contributed by atoms with E-state index in [1.807, 2.05) is 0 Å². The maximum atomic E-state index is 11.8. The summed E-state index contributed by atoms with van der Waals surface area (Å²) in [6, 6.07) is 3.18. The number of hydrogen-bond donors (Lipinski definition) is 2. The molecule has 1 aromatic heterocycles. The standard InChI is InChI=1S/C13H20N2O4/c1-10(16)5-3-7-14-12(17)9-15(2)13(18)11-6-4-8-19-11/h4,6,8,10,16H,3,5,7,9H2,1-2H3,(H,14,17). The lowest BCUT2D eigenvalue weighted by Crippen LogP contribution is -2.38. The number of nitrogens with one attached hydrogen (secondary N) is 1. The Morgan fingerprint density at radius 2 is 2.26 bits per heavy atom. The van der Waals surface area contributed by atoms with Crippen LogP contribution in [0.4, 0.5) is 0 Å². The Balaban J connectivity index is 2.26. The van der Waals surface area contributed by atoms with Gasteiger partial charge in [0.25, 0.3) is 5.91 Å². The SMILES string of the molecule is CC(O)CCCNC(=O)CN(C)C(=O)c1ccco1. The van der Waals surface area contributed by atoms with Gasteiger partial charge in [0, 0.05) is 13.6 Å². The van der Waals surface area contributed by atoms with Crippen molar-refractivity contribution >= 4 is 11.8 Å². The third-order valence-corrected chi connectivity index (χ3v) is 2.58. The summed E-state index contributed by atoms with van der Waals surface area (Å²) in [6.45, 7) is 2.18. The predicted molar refractivity (Wildman–Crippen MR) is 69.6 cm³/mol. The van der Waals surface area contributed by atoms with Crippen LogP contribution in [0.25, 0.3) is 0 Å². The van der Waals surface area contributed by atoms with Crippen LogP contribution in [0.1, 0.15) is 30.3 Å². The van der Waals surface area contributed by atoms with Gasteiger partial charge in [-0.05, 0) is 31.9 Å². The Bertz CT molecular complexity index is 401. The van der Waals surface area contributed by atoms with E-state index in [0.29, 0.717) is 19.4 Å². The first kappa shape index (κ1) is 15.2. The van der Waals surface area contributed by atoms with Crippen LogP contribution in [0.2, 0.25) is 0 Å². The van der Waals surface area contributed by atoms with Crippen molar-refractivity contribution in [2.75, 3.05) is 20.1 Å². The van der Waals surface area contributed by atoms with Gasteiger partial charge in [-0.15, -0.1) is 0 Å². The second-order valence-electron chi connectivity index (χ2n) is 4.48. The van der Waals surface area contributed by atoms with Crippen molar-refractivity contribution in [3.8, 4) is 0 Å².